The van der Waals surface area contributed by atoms with Gasteiger partial charge in [-0.2, -0.15) is 0 Å². The van der Waals surface area contributed by atoms with E-state index >= 15 is 0 Å². The number of hydrogen-bond acceptors (Lipinski definition) is 1. The van der Waals surface area contributed by atoms with Gasteiger partial charge in [0.1, 0.15) is 0 Å². The van der Waals surface area contributed by atoms with Crippen LogP contribution in [0.15, 0.2) is 41.6 Å². The number of para-hydroxylation sites is 1. The smallest absolute Gasteiger partial charge is 0.0687 e. The molecule has 0 bridgehead atoms. The lowest BCUT2D eigenvalue weighted by molar-refractivity contribution is 0.815. The SMILES string of the molecule is C[Si](C)(C)/C=C1\CCCC1Nc1ccccc1. The van der Waals surface area contributed by atoms with Crippen LogP contribution >= 0.6 is 0 Å². The van der Waals surface area contributed by atoms with Crippen LogP contribution < -0.4 is 5.32 Å². The summed E-state index contributed by atoms with van der Waals surface area (Å²) in [5, 5.41) is 3.67. The molecule has 92 valence electrons. The summed E-state index contributed by atoms with van der Waals surface area (Å²) in [4.78, 5) is 0. The third-order valence-corrected chi connectivity index (χ3v) is 4.38. The van der Waals surface area contributed by atoms with Gasteiger partial charge in [-0.25, -0.2) is 0 Å². The number of hydrogen-bond donors (Lipinski definition) is 1. The van der Waals surface area contributed by atoms with Crippen molar-refractivity contribution >= 4 is 13.8 Å². The van der Waals surface area contributed by atoms with E-state index in [0.717, 1.165) is 0 Å². The molecule has 2 heteroatoms. The van der Waals surface area contributed by atoms with E-state index in [1.54, 1.807) is 5.57 Å². The van der Waals surface area contributed by atoms with Crippen LogP contribution in [0.4, 0.5) is 5.69 Å². The van der Waals surface area contributed by atoms with Crippen LogP contribution in [0.25, 0.3) is 0 Å². The first kappa shape index (κ1) is 12.4. The molecule has 2 rings (SSSR count). The first-order valence-electron chi connectivity index (χ1n) is 6.58. The Hall–Kier alpha value is -1.02. The third kappa shape index (κ3) is 3.74. The maximum absolute atomic E-state index is 3.67. The van der Waals surface area contributed by atoms with Crippen LogP contribution in [0.1, 0.15) is 19.3 Å². The van der Waals surface area contributed by atoms with Gasteiger partial charge in [0.25, 0.3) is 0 Å². The summed E-state index contributed by atoms with van der Waals surface area (Å²) in [6, 6.07) is 11.1. The molecule has 1 atom stereocenters. The number of benzene rings is 1. The summed E-state index contributed by atoms with van der Waals surface area (Å²) in [5.41, 5.74) is 5.48. The van der Waals surface area contributed by atoms with E-state index in [1.165, 1.54) is 24.9 Å². The lowest BCUT2D eigenvalue weighted by atomic mass is 10.1. The Morgan fingerprint density at radius 1 is 1.18 bits per heavy atom. The van der Waals surface area contributed by atoms with Crippen molar-refractivity contribution < 1.29 is 0 Å². The number of rotatable bonds is 3. The molecule has 1 N–H and O–H groups in total. The minimum absolute atomic E-state index is 0.573. The van der Waals surface area contributed by atoms with Gasteiger partial charge >= 0.3 is 0 Å². The zero-order valence-electron chi connectivity index (χ0n) is 11.2. The van der Waals surface area contributed by atoms with Crippen LogP contribution in [0, 0.1) is 0 Å². The molecule has 1 aromatic carbocycles. The van der Waals surface area contributed by atoms with Crippen molar-refractivity contribution in [2.24, 2.45) is 0 Å². The lowest BCUT2D eigenvalue weighted by Gasteiger charge is -2.19. The minimum Gasteiger partial charge on any atom is -0.379 e. The normalized spacial score (nSPS) is 23.0. The molecule has 1 aliphatic rings. The molecule has 1 unspecified atom stereocenters. The average molecular weight is 245 g/mol. The van der Waals surface area contributed by atoms with Gasteiger partial charge < -0.3 is 5.32 Å². The van der Waals surface area contributed by atoms with Crippen LogP contribution in [-0.4, -0.2) is 14.1 Å². The Morgan fingerprint density at radius 2 is 1.88 bits per heavy atom. The molecule has 0 aromatic heterocycles. The van der Waals surface area contributed by atoms with Gasteiger partial charge in [-0.1, -0.05) is 49.1 Å². The maximum atomic E-state index is 3.67. The van der Waals surface area contributed by atoms with E-state index in [4.69, 9.17) is 0 Å². The third-order valence-electron chi connectivity index (χ3n) is 3.14. The van der Waals surface area contributed by atoms with Crippen molar-refractivity contribution in [2.45, 2.75) is 44.9 Å². The summed E-state index contributed by atoms with van der Waals surface area (Å²) in [7, 11) is -1.08. The van der Waals surface area contributed by atoms with Crippen LogP contribution in [0.2, 0.25) is 19.6 Å². The molecule has 0 radical (unpaired) electrons. The predicted molar refractivity (Wildman–Crippen MR) is 79.1 cm³/mol. The Bertz CT molecular complexity index is 389. The average Bonchev–Trinajstić information content (AvgIpc) is 2.65. The highest BCUT2D eigenvalue weighted by atomic mass is 28.3. The van der Waals surface area contributed by atoms with E-state index in [2.05, 4.69) is 61.0 Å². The van der Waals surface area contributed by atoms with Crippen molar-refractivity contribution in [3.63, 3.8) is 0 Å². The monoisotopic (exact) mass is 245 g/mol. The van der Waals surface area contributed by atoms with Gasteiger partial charge in [-0.3, -0.25) is 0 Å². The zero-order chi connectivity index (χ0) is 12.3. The quantitative estimate of drug-likeness (QED) is 0.776. The highest BCUT2D eigenvalue weighted by molar-refractivity contribution is 6.81. The zero-order valence-corrected chi connectivity index (χ0v) is 12.2. The number of anilines is 1. The Kier molecular flexibility index (Phi) is 3.72. The lowest BCUT2D eigenvalue weighted by Crippen LogP contribution is -2.22. The fourth-order valence-corrected chi connectivity index (χ4v) is 3.96. The van der Waals surface area contributed by atoms with Crippen molar-refractivity contribution in [3.05, 3.63) is 41.6 Å². The number of nitrogens with one attached hydrogen (secondary N) is 1. The van der Waals surface area contributed by atoms with Crippen molar-refractivity contribution in [1.29, 1.82) is 0 Å². The van der Waals surface area contributed by atoms with Gasteiger partial charge in [0.2, 0.25) is 0 Å². The summed E-state index contributed by atoms with van der Waals surface area (Å²) in [6.07, 6.45) is 3.90. The Balaban J connectivity index is 2.08. The van der Waals surface area contributed by atoms with Crippen LogP contribution in [0.3, 0.4) is 0 Å². The van der Waals surface area contributed by atoms with Gasteiger partial charge in [-0.05, 0) is 31.4 Å². The Morgan fingerprint density at radius 3 is 2.53 bits per heavy atom. The summed E-state index contributed by atoms with van der Waals surface area (Å²) in [6.45, 7) is 7.24. The largest absolute Gasteiger partial charge is 0.379 e. The van der Waals surface area contributed by atoms with Gasteiger partial charge in [0.05, 0.1) is 8.07 Å². The molecule has 1 aromatic rings. The highest BCUT2D eigenvalue weighted by Crippen LogP contribution is 2.29. The predicted octanol–water partition coefficient (Wildman–Crippen LogP) is 4.45. The minimum atomic E-state index is -1.08. The fourth-order valence-electron chi connectivity index (χ4n) is 2.50. The fraction of sp³-hybridized carbons (Fsp3) is 0.467. The standard InChI is InChI=1S/C15H23NSi/c1-17(2,3)12-13-8-7-11-15(13)16-14-9-5-4-6-10-14/h4-6,9-10,12,15-16H,7-8,11H2,1-3H3/b13-12+. The summed E-state index contributed by atoms with van der Waals surface area (Å²) < 4.78 is 0. The molecule has 0 amide bonds. The molecule has 0 heterocycles. The summed E-state index contributed by atoms with van der Waals surface area (Å²) >= 11 is 0. The molecule has 0 aliphatic heterocycles. The first-order chi connectivity index (χ1) is 8.04. The summed E-state index contributed by atoms with van der Waals surface area (Å²) in [5.74, 6) is 0. The van der Waals surface area contributed by atoms with Gasteiger partial charge in [0.15, 0.2) is 0 Å². The molecule has 1 saturated carbocycles. The molecule has 0 saturated heterocycles. The van der Waals surface area contributed by atoms with E-state index in [9.17, 15) is 0 Å². The molecule has 1 nitrogen and oxygen atoms in total. The molecular weight excluding hydrogens is 222 g/mol. The molecule has 0 spiro atoms. The van der Waals surface area contributed by atoms with Crippen LogP contribution in [-0.2, 0) is 0 Å². The second-order valence-electron chi connectivity index (χ2n) is 6.04. The first-order valence-corrected chi connectivity index (χ1v) is 10.2. The van der Waals surface area contributed by atoms with E-state index < -0.39 is 8.07 Å². The Labute approximate surface area is 106 Å². The molecular formula is C15H23NSi. The van der Waals surface area contributed by atoms with Crippen molar-refractivity contribution in [2.75, 3.05) is 5.32 Å². The van der Waals surface area contributed by atoms with Crippen molar-refractivity contribution in [1.82, 2.24) is 0 Å². The molecule has 17 heavy (non-hydrogen) atoms. The van der Waals surface area contributed by atoms with E-state index in [-0.39, 0.29) is 0 Å². The topological polar surface area (TPSA) is 12.0 Å². The van der Waals surface area contributed by atoms with Gasteiger partial charge in [-0.15, -0.1) is 0 Å². The second-order valence-corrected chi connectivity index (χ2v) is 11.1. The van der Waals surface area contributed by atoms with E-state index in [0.29, 0.717) is 6.04 Å². The van der Waals surface area contributed by atoms with E-state index in [1.807, 2.05) is 0 Å². The maximum Gasteiger partial charge on any atom is 0.0687 e. The van der Waals surface area contributed by atoms with Gasteiger partial charge in [0, 0.05) is 11.7 Å². The van der Waals surface area contributed by atoms with Crippen LogP contribution in [0.5, 0.6) is 0 Å². The second kappa shape index (κ2) is 5.09. The van der Waals surface area contributed by atoms with Crippen molar-refractivity contribution in [3.8, 4) is 0 Å². The molecule has 1 fully saturated rings. The highest BCUT2D eigenvalue weighted by Gasteiger charge is 2.23. The molecule has 1 aliphatic carbocycles.